The van der Waals surface area contributed by atoms with Gasteiger partial charge in [0.15, 0.2) is 6.29 Å². The van der Waals surface area contributed by atoms with Crippen LogP contribution in [-0.2, 0) is 14.3 Å². The van der Waals surface area contributed by atoms with Gasteiger partial charge in [-0.1, -0.05) is 6.92 Å². The molecule has 5 N–H and O–H groups in total. The summed E-state index contributed by atoms with van der Waals surface area (Å²) in [5.74, 6) is -0.356. The first-order valence-electron chi connectivity index (χ1n) is 8.66. The highest BCUT2D eigenvalue weighted by Gasteiger charge is 2.42. The molecule has 0 aliphatic carbocycles. The molecule has 0 aromatic heterocycles. The fraction of sp³-hybridized carbons (Fsp3) is 0.938. The van der Waals surface area contributed by atoms with Crippen LogP contribution < -0.4 is 10.6 Å². The van der Waals surface area contributed by atoms with Crippen molar-refractivity contribution in [1.82, 2.24) is 10.6 Å². The van der Waals surface area contributed by atoms with Crippen LogP contribution >= 0.6 is 0 Å². The summed E-state index contributed by atoms with van der Waals surface area (Å²) in [5, 5.41) is 34.7. The molecule has 0 aromatic rings. The van der Waals surface area contributed by atoms with Crippen LogP contribution in [0.1, 0.15) is 32.6 Å². The van der Waals surface area contributed by atoms with Crippen LogP contribution in [0.15, 0.2) is 0 Å². The van der Waals surface area contributed by atoms with Gasteiger partial charge in [-0.3, -0.25) is 4.79 Å². The summed E-state index contributed by atoms with van der Waals surface area (Å²) in [4.78, 5) is 11.6. The lowest BCUT2D eigenvalue weighted by Crippen LogP contribution is -2.55. The quantitative estimate of drug-likeness (QED) is 0.303. The van der Waals surface area contributed by atoms with Gasteiger partial charge in [-0.25, -0.2) is 0 Å². The number of carbonyl (C=O) groups is 1. The maximum Gasteiger partial charge on any atom is 0.219 e. The standard InChI is InChI=1S/C16H32N2O6/c1-11-14(21)15(22)12(10-19)24-16(11)23-9-4-3-6-13(20)18-8-5-7-17-2/h11-12,14-17,19,21-22H,3-10H2,1-2H3,(H,18,20). The van der Waals surface area contributed by atoms with Crippen molar-refractivity contribution < 1.29 is 29.6 Å². The summed E-state index contributed by atoms with van der Waals surface area (Å²) in [6.45, 7) is 3.29. The summed E-state index contributed by atoms with van der Waals surface area (Å²) < 4.78 is 11.1. The average Bonchev–Trinajstić information content (AvgIpc) is 2.58. The minimum absolute atomic E-state index is 0.0345. The number of hydrogen-bond donors (Lipinski definition) is 5. The van der Waals surface area contributed by atoms with E-state index in [1.54, 1.807) is 6.92 Å². The Balaban J connectivity index is 2.15. The lowest BCUT2D eigenvalue weighted by molar-refractivity contribution is -0.282. The van der Waals surface area contributed by atoms with Gasteiger partial charge < -0.3 is 35.4 Å². The maximum atomic E-state index is 11.6. The van der Waals surface area contributed by atoms with Crippen molar-refractivity contribution in [3.8, 4) is 0 Å². The molecule has 1 heterocycles. The summed E-state index contributed by atoms with van der Waals surface area (Å²) in [6.07, 6.45) is -0.874. The fourth-order valence-corrected chi connectivity index (χ4v) is 2.58. The molecule has 5 unspecified atom stereocenters. The second kappa shape index (κ2) is 11.7. The van der Waals surface area contributed by atoms with E-state index in [4.69, 9.17) is 14.6 Å². The van der Waals surface area contributed by atoms with Crippen LogP contribution in [-0.4, -0.2) is 79.2 Å². The highest BCUT2D eigenvalue weighted by molar-refractivity contribution is 5.75. The van der Waals surface area contributed by atoms with E-state index in [0.717, 1.165) is 13.0 Å². The Kier molecular flexibility index (Phi) is 10.4. The predicted molar refractivity (Wildman–Crippen MR) is 88.3 cm³/mol. The number of aliphatic hydroxyl groups is 3. The lowest BCUT2D eigenvalue weighted by atomic mass is 9.92. The van der Waals surface area contributed by atoms with Gasteiger partial charge in [0.05, 0.1) is 12.7 Å². The van der Waals surface area contributed by atoms with E-state index in [2.05, 4.69) is 10.6 Å². The highest BCUT2D eigenvalue weighted by atomic mass is 16.7. The van der Waals surface area contributed by atoms with Crippen LogP contribution in [0.2, 0.25) is 0 Å². The first kappa shape index (κ1) is 21.3. The van der Waals surface area contributed by atoms with Crippen LogP contribution in [0.4, 0.5) is 0 Å². The molecule has 24 heavy (non-hydrogen) atoms. The van der Waals surface area contributed by atoms with Crippen molar-refractivity contribution >= 4 is 5.91 Å². The molecule has 8 heteroatoms. The van der Waals surface area contributed by atoms with Gasteiger partial charge in [-0.15, -0.1) is 0 Å². The lowest BCUT2D eigenvalue weighted by Gasteiger charge is -2.40. The molecule has 5 atom stereocenters. The number of hydrogen-bond acceptors (Lipinski definition) is 7. The monoisotopic (exact) mass is 348 g/mol. The van der Waals surface area contributed by atoms with E-state index in [0.29, 0.717) is 32.4 Å². The molecular formula is C16H32N2O6. The SMILES string of the molecule is CNCCCNC(=O)CCCCOC1OC(CO)C(O)C(O)C1C. The van der Waals surface area contributed by atoms with Gasteiger partial charge >= 0.3 is 0 Å². The second-order valence-electron chi connectivity index (χ2n) is 6.20. The maximum absolute atomic E-state index is 11.6. The number of ether oxygens (including phenoxy) is 2. The van der Waals surface area contributed by atoms with E-state index in [1.165, 1.54) is 0 Å². The number of rotatable bonds is 11. The zero-order valence-electron chi connectivity index (χ0n) is 14.6. The number of unbranched alkanes of at least 4 members (excludes halogenated alkanes) is 1. The molecule has 1 aliphatic rings. The van der Waals surface area contributed by atoms with Crippen molar-refractivity contribution in [2.45, 2.75) is 57.2 Å². The molecule has 1 fully saturated rings. The van der Waals surface area contributed by atoms with E-state index in [-0.39, 0.29) is 12.5 Å². The highest BCUT2D eigenvalue weighted by Crippen LogP contribution is 2.26. The third kappa shape index (κ3) is 7.00. The summed E-state index contributed by atoms with van der Waals surface area (Å²) in [5.41, 5.74) is 0. The van der Waals surface area contributed by atoms with Gasteiger partial charge in [0.25, 0.3) is 0 Å². The molecule has 142 valence electrons. The molecule has 0 aromatic carbocycles. The summed E-state index contributed by atoms with van der Waals surface area (Å²) in [7, 11) is 1.88. The first-order valence-corrected chi connectivity index (χ1v) is 8.66. The number of carbonyl (C=O) groups excluding carboxylic acids is 1. The van der Waals surface area contributed by atoms with Crippen molar-refractivity contribution in [2.24, 2.45) is 5.92 Å². The third-order valence-corrected chi connectivity index (χ3v) is 4.19. The number of aliphatic hydroxyl groups excluding tert-OH is 3. The normalized spacial score (nSPS) is 30.3. The molecule has 0 saturated carbocycles. The molecular weight excluding hydrogens is 316 g/mol. The van der Waals surface area contributed by atoms with Gasteiger partial charge in [-0.2, -0.15) is 0 Å². The van der Waals surface area contributed by atoms with Crippen molar-refractivity contribution in [3.63, 3.8) is 0 Å². The Bertz CT molecular complexity index is 355. The van der Waals surface area contributed by atoms with Gasteiger partial charge in [-0.05, 0) is 32.9 Å². The Morgan fingerprint density at radius 2 is 1.92 bits per heavy atom. The Morgan fingerprint density at radius 3 is 2.58 bits per heavy atom. The van der Waals surface area contributed by atoms with Crippen molar-refractivity contribution in [2.75, 3.05) is 33.4 Å². The van der Waals surface area contributed by atoms with Gasteiger partial charge in [0.1, 0.15) is 12.2 Å². The summed E-state index contributed by atoms with van der Waals surface area (Å²) >= 11 is 0. The fourth-order valence-electron chi connectivity index (χ4n) is 2.58. The molecule has 0 radical (unpaired) electrons. The van der Waals surface area contributed by atoms with Crippen LogP contribution in [0.25, 0.3) is 0 Å². The number of amides is 1. The van der Waals surface area contributed by atoms with Gasteiger partial charge in [0.2, 0.25) is 5.91 Å². The van der Waals surface area contributed by atoms with Gasteiger partial charge in [0, 0.05) is 25.5 Å². The van der Waals surface area contributed by atoms with E-state index >= 15 is 0 Å². The molecule has 1 rings (SSSR count). The average molecular weight is 348 g/mol. The first-order chi connectivity index (χ1) is 11.5. The molecule has 1 amide bonds. The zero-order valence-corrected chi connectivity index (χ0v) is 14.6. The zero-order chi connectivity index (χ0) is 17.9. The van der Waals surface area contributed by atoms with Crippen LogP contribution in [0.5, 0.6) is 0 Å². The minimum atomic E-state index is -1.11. The van der Waals surface area contributed by atoms with Crippen molar-refractivity contribution in [3.05, 3.63) is 0 Å². The Labute approximate surface area is 143 Å². The third-order valence-electron chi connectivity index (χ3n) is 4.19. The molecule has 1 saturated heterocycles. The van der Waals surface area contributed by atoms with Crippen molar-refractivity contribution in [1.29, 1.82) is 0 Å². The Hall–Kier alpha value is -0.770. The molecule has 0 spiro atoms. The number of nitrogens with one attached hydrogen (secondary N) is 2. The second-order valence-corrected chi connectivity index (χ2v) is 6.20. The smallest absolute Gasteiger partial charge is 0.219 e. The van der Waals surface area contributed by atoms with Crippen LogP contribution in [0, 0.1) is 5.92 Å². The topological polar surface area (TPSA) is 120 Å². The Morgan fingerprint density at radius 1 is 1.17 bits per heavy atom. The van der Waals surface area contributed by atoms with E-state index < -0.39 is 30.5 Å². The molecule has 1 aliphatic heterocycles. The van der Waals surface area contributed by atoms with Crippen LogP contribution in [0.3, 0.4) is 0 Å². The molecule has 0 bridgehead atoms. The minimum Gasteiger partial charge on any atom is -0.394 e. The van der Waals surface area contributed by atoms with E-state index in [1.807, 2.05) is 7.05 Å². The predicted octanol–water partition coefficient (Wildman–Crippen LogP) is -1.03. The molecule has 8 nitrogen and oxygen atoms in total. The largest absolute Gasteiger partial charge is 0.394 e. The summed E-state index contributed by atoms with van der Waals surface area (Å²) in [6, 6.07) is 0. The van der Waals surface area contributed by atoms with E-state index in [9.17, 15) is 15.0 Å².